The lowest BCUT2D eigenvalue weighted by Crippen LogP contribution is -2.32. The predicted octanol–water partition coefficient (Wildman–Crippen LogP) is 2.64. The molecule has 1 aliphatic rings. The Morgan fingerprint density at radius 2 is 2.28 bits per heavy atom. The highest BCUT2D eigenvalue weighted by Gasteiger charge is 2.21. The van der Waals surface area contributed by atoms with Crippen LogP contribution in [-0.2, 0) is 6.54 Å². The second kappa shape index (κ2) is 6.03. The smallest absolute Gasteiger partial charge is 0.293 e. The van der Waals surface area contributed by atoms with Gasteiger partial charge in [0.25, 0.3) is 5.56 Å². The minimum Gasteiger partial charge on any atom is -0.363 e. The van der Waals surface area contributed by atoms with Gasteiger partial charge in [0, 0.05) is 25.0 Å². The topological polar surface area (TPSA) is 46.9 Å². The zero-order valence-corrected chi connectivity index (χ0v) is 11.4. The molecular formula is C14H23N3O. The van der Waals surface area contributed by atoms with Gasteiger partial charge in [0.15, 0.2) is 5.82 Å². The molecule has 2 atom stereocenters. The van der Waals surface area contributed by atoms with Crippen molar-refractivity contribution in [2.75, 3.05) is 5.32 Å². The molecule has 0 bridgehead atoms. The average Bonchev–Trinajstić information content (AvgIpc) is 2.41. The van der Waals surface area contributed by atoms with E-state index < -0.39 is 0 Å². The summed E-state index contributed by atoms with van der Waals surface area (Å²) in [4.78, 5) is 16.3. The molecule has 1 aromatic rings. The van der Waals surface area contributed by atoms with Crippen LogP contribution in [0.2, 0.25) is 0 Å². The van der Waals surface area contributed by atoms with Crippen LogP contribution >= 0.6 is 0 Å². The molecule has 0 radical (unpaired) electrons. The molecule has 0 aliphatic heterocycles. The number of nitrogens with zero attached hydrogens (tertiary/aromatic N) is 2. The van der Waals surface area contributed by atoms with Gasteiger partial charge in [-0.1, -0.05) is 26.2 Å². The van der Waals surface area contributed by atoms with Gasteiger partial charge in [-0.15, -0.1) is 0 Å². The highest BCUT2D eigenvalue weighted by Crippen LogP contribution is 2.27. The standard InChI is InChI=1S/C14H23N3O/c1-3-11-6-5-7-12(10-11)16-13-14(18)17(4-2)9-8-15-13/h8-9,11-12H,3-7,10H2,1-2H3,(H,15,16). The predicted molar refractivity (Wildman–Crippen MR) is 73.8 cm³/mol. The third-order valence-corrected chi connectivity index (χ3v) is 3.96. The monoisotopic (exact) mass is 249 g/mol. The maximum atomic E-state index is 12.1. The third-order valence-electron chi connectivity index (χ3n) is 3.96. The summed E-state index contributed by atoms with van der Waals surface area (Å²) in [5.41, 5.74) is -0.00128. The van der Waals surface area contributed by atoms with Gasteiger partial charge in [-0.2, -0.15) is 0 Å². The molecule has 4 nitrogen and oxygen atoms in total. The van der Waals surface area contributed by atoms with E-state index in [1.165, 1.54) is 25.7 Å². The molecule has 0 amide bonds. The first kappa shape index (κ1) is 13.1. The van der Waals surface area contributed by atoms with Gasteiger partial charge in [0.1, 0.15) is 0 Å². The number of hydrogen-bond acceptors (Lipinski definition) is 3. The van der Waals surface area contributed by atoms with Crippen molar-refractivity contribution in [3.8, 4) is 0 Å². The quantitative estimate of drug-likeness (QED) is 0.892. The van der Waals surface area contributed by atoms with Gasteiger partial charge in [0.05, 0.1) is 0 Å². The lowest BCUT2D eigenvalue weighted by molar-refractivity contribution is 0.327. The van der Waals surface area contributed by atoms with Crippen molar-refractivity contribution < 1.29 is 0 Å². The number of anilines is 1. The van der Waals surface area contributed by atoms with Gasteiger partial charge >= 0.3 is 0 Å². The Hall–Kier alpha value is -1.32. The van der Waals surface area contributed by atoms with Crippen LogP contribution < -0.4 is 10.9 Å². The number of aromatic nitrogens is 2. The summed E-state index contributed by atoms with van der Waals surface area (Å²) in [5.74, 6) is 1.31. The number of nitrogens with one attached hydrogen (secondary N) is 1. The summed E-state index contributed by atoms with van der Waals surface area (Å²) in [6.07, 6.45) is 9.58. The van der Waals surface area contributed by atoms with Gasteiger partial charge in [-0.25, -0.2) is 4.98 Å². The van der Waals surface area contributed by atoms with E-state index in [-0.39, 0.29) is 5.56 Å². The summed E-state index contributed by atoms with van der Waals surface area (Å²) < 4.78 is 1.69. The number of rotatable bonds is 4. The highest BCUT2D eigenvalue weighted by atomic mass is 16.1. The van der Waals surface area contributed by atoms with Crippen molar-refractivity contribution in [1.29, 1.82) is 0 Å². The van der Waals surface area contributed by atoms with Crippen molar-refractivity contribution in [2.24, 2.45) is 5.92 Å². The largest absolute Gasteiger partial charge is 0.363 e. The van der Waals surface area contributed by atoms with Gasteiger partial charge in [-0.3, -0.25) is 4.79 Å². The molecule has 1 aromatic heterocycles. The van der Waals surface area contributed by atoms with E-state index in [4.69, 9.17) is 0 Å². The molecule has 100 valence electrons. The fourth-order valence-electron chi connectivity index (χ4n) is 2.78. The molecule has 0 aromatic carbocycles. The van der Waals surface area contributed by atoms with Gasteiger partial charge in [-0.05, 0) is 25.7 Å². The molecule has 1 fully saturated rings. The minimum absolute atomic E-state index is 0.00128. The van der Waals surface area contributed by atoms with E-state index in [9.17, 15) is 4.79 Å². The van der Waals surface area contributed by atoms with Crippen LogP contribution in [0.3, 0.4) is 0 Å². The molecule has 1 heterocycles. The SMILES string of the molecule is CCC1CCCC(Nc2nccn(CC)c2=O)C1. The van der Waals surface area contributed by atoms with E-state index in [0.29, 0.717) is 18.4 Å². The van der Waals surface area contributed by atoms with Crippen molar-refractivity contribution in [3.63, 3.8) is 0 Å². The van der Waals surface area contributed by atoms with Crippen LogP contribution in [0.1, 0.15) is 46.0 Å². The van der Waals surface area contributed by atoms with Crippen molar-refractivity contribution in [1.82, 2.24) is 9.55 Å². The zero-order valence-electron chi connectivity index (χ0n) is 11.4. The molecule has 2 unspecified atom stereocenters. The Morgan fingerprint density at radius 3 is 3.00 bits per heavy atom. The molecule has 18 heavy (non-hydrogen) atoms. The Balaban J connectivity index is 2.07. The van der Waals surface area contributed by atoms with Crippen LogP contribution in [0.5, 0.6) is 0 Å². The average molecular weight is 249 g/mol. The van der Waals surface area contributed by atoms with E-state index in [1.54, 1.807) is 17.0 Å². The summed E-state index contributed by atoms with van der Waals surface area (Å²) >= 11 is 0. The van der Waals surface area contributed by atoms with Crippen molar-refractivity contribution >= 4 is 5.82 Å². The van der Waals surface area contributed by atoms with E-state index >= 15 is 0 Å². The first-order valence-corrected chi connectivity index (χ1v) is 7.06. The van der Waals surface area contributed by atoms with Crippen LogP contribution in [0.4, 0.5) is 5.82 Å². The van der Waals surface area contributed by atoms with E-state index in [1.807, 2.05) is 6.92 Å². The van der Waals surface area contributed by atoms with Crippen LogP contribution in [-0.4, -0.2) is 15.6 Å². The molecule has 1 N–H and O–H groups in total. The Kier molecular flexibility index (Phi) is 4.39. The first-order valence-electron chi connectivity index (χ1n) is 7.06. The second-order valence-corrected chi connectivity index (χ2v) is 5.15. The maximum Gasteiger partial charge on any atom is 0.293 e. The molecular weight excluding hydrogens is 226 g/mol. The fourth-order valence-corrected chi connectivity index (χ4v) is 2.78. The summed E-state index contributed by atoms with van der Waals surface area (Å²) in [6.45, 7) is 4.91. The van der Waals surface area contributed by atoms with Crippen LogP contribution in [0.15, 0.2) is 17.2 Å². The van der Waals surface area contributed by atoms with Crippen LogP contribution in [0.25, 0.3) is 0 Å². The van der Waals surface area contributed by atoms with Gasteiger partial charge in [0.2, 0.25) is 0 Å². The molecule has 1 saturated carbocycles. The molecule has 2 rings (SSSR count). The molecule has 0 saturated heterocycles. The van der Waals surface area contributed by atoms with E-state index in [2.05, 4.69) is 17.2 Å². The normalized spacial score (nSPS) is 23.9. The number of hydrogen-bond donors (Lipinski definition) is 1. The van der Waals surface area contributed by atoms with Crippen molar-refractivity contribution in [2.45, 2.75) is 58.5 Å². The summed E-state index contributed by atoms with van der Waals surface area (Å²) in [6, 6.07) is 0.414. The lowest BCUT2D eigenvalue weighted by atomic mass is 9.84. The number of aryl methyl sites for hydroxylation is 1. The zero-order chi connectivity index (χ0) is 13.0. The summed E-state index contributed by atoms with van der Waals surface area (Å²) in [5, 5.41) is 3.34. The first-order chi connectivity index (χ1) is 8.74. The van der Waals surface area contributed by atoms with E-state index in [0.717, 1.165) is 12.3 Å². The molecule has 1 aliphatic carbocycles. The molecule has 0 spiro atoms. The van der Waals surface area contributed by atoms with Crippen LogP contribution in [0, 0.1) is 5.92 Å². The third kappa shape index (κ3) is 2.92. The fraction of sp³-hybridized carbons (Fsp3) is 0.714. The highest BCUT2D eigenvalue weighted by molar-refractivity contribution is 5.32. The summed E-state index contributed by atoms with van der Waals surface area (Å²) in [7, 11) is 0. The Labute approximate surface area is 108 Å². The maximum absolute atomic E-state index is 12.1. The Morgan fingerprint density at radius 1 is 1.44 bits per heavy atom. The second-order valence-electron chi connectivity index (χ2n) is 5.15. The minimum atomic E-state index is -0.00128. The van der Waals surface area contributed by atoms with Gasteiger partial charge < -0.3 is 9.88 Å². The van der Waals surface area contributed by atoms with Crippen molar-refractivity contribution in [3.05, 3.63) is 22.7 Å². The lowest BCUT2D eigenvalue weighted by Gasteiger charge is -2.29. The molecule has 4 heteroatoms. The Bertz CT molecular complexity index is 441.